The first kappa shape index (κ1) is 6.94. The Hall–Kier alpha value is -1.17. The largest absolute Gasteiger partial charge is 0.464 e. The second-order valence-corrected chi connectivity index (χ2v) is 2.37. The van der Waals surface area contributed by atoms with Crippen LogP contribution in [-0.2, 0) is 4.74 Å². The number of esters is 1. The van der Waals surface area contributed by atoms with Gasteiger partial charge >= 0.3 is 10.8 Å². The maximum Gasteiger partial charge on any atom is 0.369 e. The van der Waals surface area contributed by atoms with E-state index in [1.807, 2.05) is 0 Å². The molecule has 10 heavy (non-hydrogen) atoms. The summed E-state index contributed by atoms with van der Waals surface area (Å²) in [6.07, 6.45) is 0. The lowest BCUT2D eigenvalue weighted by atomic mass is 10.7. The van der Waals surface area contributed by atoms with Gasteiger partial charge in [0, 0.05) is 0 Å². The van der Waals surface area contributed by atoms with Crippen molar-refractivity contribution in [3.63, 3.8) is 0 Å². The van der Waals surface area contributed by atoms with Gasteiger partial charge in [0.1, 0.15) is 0 Å². The fraction of sp³-hybridized carbons (Fsp3) is 0.250. The summed E-state index contributed by atoms with van der Waals surface area (Å²) in [5, 5.41) is 5.54. The minimum absolute atomic E-state index is 0.0486. The number of methoxy groups -OCH3 is 1. The van der Waals surface area contributed by atoms with Crippen molar-refractivity contribution in [1.29, 1.82) is 0 Å². The molecule has 5 nitrogen and oxygen atoms in total. The van der Waals surface area contributed by atoms with Crippen LogP contribution in [0.2, 0.25) is 0 Å². The van der Waals surface area contributed by atoms with E-state index in [1.54, 1.807) is 0 Å². The molecule has 1 aromatic heterocycles. The highest BCUT2D eigenvalue weighted by molar-refractivity contribution is 7.10. The van der Waals surface area contributed by atoms with E-state index < -0.39 is 5.97 Å². The third-order valence-electron chi connectivity index (χ3n) is 0.798. The van der Waals surface area contributed by atoms with E-state index in [4.69, 9.17) is 0 Å². The molecule has 0 fully saturated rings. The number of ether oxygens (including phenoxy) is 1. The minimum atomic E-state index is -0.594. The first-order valence-electron chi connectivity index (χ1n) is 2.38. The molecular weight excluding hydrogens is 156 g/mol. The van der Waals surface area contributed by atoms with Crippen molar-refractivity contribution in [3.05, 3.63) is 14.7 Å². The summed E-state index contributed by atoms with van der Waals surface area (Å²) < 4.78 is 4.30. The molecule has 1 rings (SSSR count). The second kappa shape index (κ2) is 2.61. The summed E-state index contributed by atoms with van der Waals surface area (Å²) in [5.41, 5.74) is 0. The fourth-order valence-corrected chi connectivity index (χ4v) is 0.929. The van der Waals surface area contributed by atoms with Crippen LogP contribution in [0.4, 0.5) is 0 Å². The Balaban J connectivity index is 2.95. The molecule has 1 N–H and O–H groups in total. The topological polar surface area (TPSA) is 72.0 Å². The van der Waals surface area contributed by atoms with Crippen LogP contribution < -0.4 is 4.87 Å². The smallest absolute Gasteiger partial charge is 0.369 e. The normalized spacial score (nSPS) is 9.30. The van der Waals surface area contributed by atoms with E-state index in [-0.39, 0.29) is 9.88 Å². The molecule has 0 bridgehead atoms. The molecule has 1 heterocycles. The Morgan fingerprint density at radius 2 is 2.50 bits per heavy atom. The maximum atomic E-state index is 10.6. The first-order chi connectivity index (χ1) is 4.74. The summed E-state index contributed by atoms with van der Waals surface area (Å²) in [6.45, 7) is 0. The van der Waals surface area contributed by atoms with Crippen molar-refractivity contribution in [1.82, 2.24) is 10.2 Å². The Kier molecular flexibility index (Phi) is 1.81. The number of nitrogens with zero attached hydrogens (tertiary/aromatic N) is 1. The van der Waals surface area contributed by atoms with E-state index in [0.717, 1.165) is 11.3 Å². The van der Waals surface area contributed by atoms with Crippen LogP contribution >= 0.6 is 11.3 Å². The van der Waals surface area contributed by atoms with Crippen molar-refractivity contribution in [2.24, 2.45) is 0 Å². The highest BCUT2D eigenvalue weighted by atomic mass is 32.1. The van der Waals surface area contributed by atoms with Gasteiger partial charge in [0.15, 0.2) is 0 Å². The summed E-state index contributed by atoms with van der Waals surface area (Å²) in [7, 11) is 1.23. The summed E-state index contributed by atoms with van der Waals surface area (Å²) in [6, 6.07) is 0. The van der Waals surface area contributed by atoms with Gasteiger partial charge < -0.3 is 4.74 Å². The van der Waals surface area contributed by atoms with Crippen molar-refractivity contribution in [2.45, 2.75) is 0 Å². The van der Waals surface area contributed by atoms with E-state index in [0.29, 0.717) is 0 Å². The van der Waals surface area contributed by atoms with Crippen LogP contribution in [0, 0.1) is 0 Å². The summed E-state index contributed by atoms with van der Waals surface area (Å²) in [5.74, 6) is -0.594. The maximum absolute atomic E-state index is 10.6. The number of aromatic amines is 1. The van der Waals surface area contributed by atoms with Gasteiger partial charge in [-0.05, 0) is 11.3 Å². The molecule has 0 saturated carbocycles. The molecule has 0 spiro atoms. The molecule has 1 aromatic rings. The Labute approximate surface area is 59.6 Å². The molecule has 0 saturated heterocycles. The molecule has 0 amide bonds. The molecule has 0 aliphatic rings. The Morgan fingerprint density at radius 1 is 1.80 bits per heavy atom. The Morgan fingerprint density at radius 3 is 2.90 bits per heavy atom. The highest BCUT2D eigenvalue weighted by Gasteiger charge is 2.09. The molecule has 0 aliphatic heterocycles. The number of carbonyl (C=O) groups excluding carboxylic acids is 1. The third kappa shape index (κ3) is 1.21. The number of carbonyl (C=O) groups is 1. The zero-order valence-electron chi connectivity index (χ0n) is 5.08. The predicted molar refractivity (Wildman–Crippen MR) is 34.1 cm³/mol. The van der Waals surface area contributed by atoms with Crippen molar-refractivity contribution in [3.8, 4) is 0 Å². The van der Waals surface area contributed by atoms with Crippen LogP contribution in [0.15, 0.2) is 4.79 Å². The van der Waals surface area contributed by atoms with Gasteiger partial charge in [0.25, 0.3) is 0 Å². The number of aromatic nitrogens is 2. The number of hydrogen-bond donors (Lipinski definition) is 1. The van der Waals surface area contributed by atoms with Crippen molar-refractivity contribution < 1.29 is 9.53 Å². The molecule has 6 heteroatoms. The molecule has 54 valence electrons. The predicted octanol–water partition coefficient (Wildman–Crippen LogP) is -0.382. The van der Waals surface area contributed by atoms with Gasteiger partial charge in [0.2, 0.25) is 5.01 Å². The monoisotopic (exact) mass is 160 g/mol. The van der Waals surface area contributed by atoms with Crippen molar-refractivity contribution >= 4 is 17.3 Å². The van der Waals surface area contributed by atoms with Gasteiger partial charge in [-0.3, -0.25) is 4.79 Å². The van der Waals surface area contributed by atoms with Gasteiger partial charge in [-0.2, -0.15) is 5.10 Å². The van der Waals surface area contributed by atoms with E-state index in [1.165, 1.54) is 7.11 Å². The third-order valence-corrected chi connectivity index (χ3v) is 1.53. The lowest BCUT2D eigenvalue weighted by Gasteiger charge is -1.87. The van der Waals surface area contributed by atoms with Gasteiger partial charge in [0.05, 0.1) is 7.11 Å². The van der Waals surface area contributed by atoms with Gasteiger partial charge in [-0.25, -0.2) is 9.89 Å². The first-order valence-corrected chi connectivity index (χ1v) is 3.19. The van der Waals surface area contributed by atoms with Gasteiger partial charge in [-0.1, -0.05) is 0 Å². The molecule has 0 aliphatic carbocycles. The summed E-state index contributed by atoms with van der Waals surface area (Å²) >= 11 is 0.724. The zero-order chi connectivity index (χ0) is 7.56. The van der Waals surface area contributed by atoms with Crippen LogP contribution in [0.1, 0.15) is 9.80 Å². The average Bonchev–Trinajstić information content (AvgIpc) is 2.34. The lowest BCUT2D eigenvalue weighted by molar-refractivity contribution is 0.0599. The molecular formula is C4H4N2O3S. The van der Waals surface area contributed by atoms with E-state index >= 15 is 0 Å². The quantitative estimate of drug-likeness (QED) is 0.568. The van der Waals surface area contributed by atoms with Crippen LogP contribution in [0.5, 0.6) is 0 Å². The van der Waals surface area contributed by atoms with E-state index in [2.05, 4.69) is 14.9 Å². The minimum Gasteiger partial charge on any atom is -0.464 e. The van der Waals surface area contributed by atoms with Crippen LogP contribution in [0.3, 0.4) is 0 Å². The fourth-order valence-electron chi connectivity index (χ4n) is 0.404. The van der Waals surface area contributed by atoms with Gasteiger partial charge in [-0.15, -0.1) is 0 Å². The molecule has 0 aromatic carbocycles. The highest BCUT2D eigenvalue weighted by Crippen LogP contribution is 1.96. The average molecular weight is 160 g/mol. The molecule has 0 unspecified atom stereocenters. The number of hydrogen-bond acceptors (Lipinski definition) is 5. The molecule has 0 atom stereocenters. The number of H-pyrrole nitrogens is 1. The van der Waals surface area contributed by atoms with Crippen LogP contribution in [-0.4, -0.2) is 23.3 Å². The second-order valence-electron chi connectivity index (χ2n) is 1.41. The summed E-state index contributed by atoms with van der Waals surface area (Å²) in [4.78, 5) is 20.6. The number of nitrogens with one attached hydrogen (secondary N) is 1. The van der Waals surface area contributed by atoms with E-state index in [9.17, 15) is 9.59 Å². The van der Waals surface area contributed by atoms with Crippen molar-refractivity contribution in [2.75, 3.05) is 7.11 Å². The van der Waals surface area contributed by atoms with Crippen LogP contribution in [0.25, 0.3) is 0 Å². The SMILES string of the molecule is COC(=O)c1n[nH]c(=O)s1. The Bertz CT molecular complexity index is 289. The number of rotatable bonds is 1. The zero-order valence-corrected chi connectivity index (χ0v) is 5.90. The standard InChI is InChI=1S/C4H4N2O3S/c1-9-3(7)2-5-6-4(8)10-2/h1H3,(H,6,8). The lowest BCUT2D eigenvalue weighted by Crippen LogP contribution is -1.99. The molecule has 0 radical (unpaired) electrons.